The molecule has 3 amide bonds. The van der Waals surface area contributed by atoms with E-state index in [0.29, 0.717) is 36.9 Å². The number of alkyl carbamates (subject to hydrolysis) is 1. The fourth-order valence-electron chi connectivity index (χ4n) is 11.6. The maximum atomic E-state index is 14.9. The number of rotatable bonds is 14. The van der Waals surface area contributed by atoms with Crippen molar-refractivity contribution in [1.82, 2.24) is 10.6 Å². The first-order valence-electron chi connectivity index (χ1n) is 24.4. The highest BCUT2D eigenvalue weighted by molar-refractivity contribution is 6.01. The topological polar surface area (TPSA) is 222 Å². The predicted octanol–water partition coefficient (Wildman–Crippen LogP) is 6.91. The van der Waals surface area contributed by atoms with Gasteiger partial charge in [0, 0.05) is 28.0 Å². The zero-order chi connectivity index (χ0) is 51.1. The van der Waals surface area contributed by atoms with E-state index in [9.17, 15) is 38.7 Å². The second-order valence-corrected chi connectivity index (χ2v) is 22.1. The molecule has 4 fully saturated rings. The summed E-state index contributed by atoms with van der Waals surface area (Å²) in [6.45, 7) is 16.8. The van der Waals surface area contributed by atoms with Gasteiger partial charge < -0.3 is 44.7 Å². The maximum absolute atomic E-state index is 14.9. The Hall–Kier alpha value is -5.71. The average Bonchev–Trinajstić information content (AvgIpc) is 3.76. The van der Waals surface area contributed by atoms with Crippen molar-refractivity contribution >= 4 is 47.1 Å². The lowest BCUT2D eigenvalue weighted by Gasteiger charge is -2.59. The number of ether oxygens (including phenoxy) is 5. The van der Waals surface area contributed by atoms with Gasteiger partial charge in [0.25, 0.3) is 0 Å². The van der Waals surface area contributed by atoms with Crippen molar-refractivity contribution in [1.29, 1.82) is 0 Å². The highest BCUT2D eigenvalue weighted by Gasteiger charge is 2.76. The summed E-state index contributed by atoms with van der Waals surface area (Å²) in [7, 11) is 0. The number of aliphatic hydroxyl groups is 1. The van der Waals surface area contributed by atoms with E-state index < -0.39 is 100 Å². The molecule has 7 rings (SSSR count). The third-order valence-electron chi connectivity index (χ3n) is 14.7. The van der Waals surface area contributed by atoms with Gasteiger partial charge in [-0.3, -0.25) is 28.8 Å². The fraction of sp³-hybridized carbons (Fsp3) is 0.574. The quantitative estimate of drug-likeness (QED) is 0.112. The van der Waals surface area contributed by atoms with Gasteiger partial charge in [0.15, 0.2) is 24.3 Å². The van der Waals surface area contributed by atoms with E-state index in [1.54, 1.807) is 66.7 Å². The molecule has 0 bridgehead atoms. The number of carbonyl (C=O) groups excluding carboxylic acids is 7. The Kier molecular flexibility index (Phi) is 14.8. The van der Waals surface area contributed by atoms with Crippen molar-refractivity contribution in [3.05, 3.63) is 89.0 Å². The zero-order valence-electron chi connectivity index (χ0n) is 42.0. The van der Waals surface area contributed by atoms with Gasteiger partial charge in [-0.1, -0.05) is 61.9 Å². The predicted molar refractivity (Wildman–Crippen MR) is 257 cm³/mol. The number of fused-ring (bicyclic) bond motifs is 7. The molecule has 5 aliphatic rings. The molecular weight excluding hydrogens is 899 g/mol. The summed E-state index contributed by atoms with van der Waals surface area (Å²) in [5.41, 5.74) is -0.470. The summed E-state index contributed by atoms with van der Waals surface area (Å²) in [5, 5.41) is 20.1. The van der Waals surface area contributed by atoms with E-state index in [2.05, 4.69) is 22.9 Å². The average molecular weight is 968 g/mol. The number of esters is 2. The summed E-state index contributed by atoms with van der Waals surface area (Å²) in [6.07, 6.45) is 4.04. The zero-order valence-corrected chi connectivity index (χ0v) is 42.0. The number of hydrogen-bond acceptors (Lipinski definition) is 13. The van der Waals surface area contributed by atoms with Crippen LogP contribution in [-0.4, -0.2) is 94.2 Å². The van der Waals surface area contributed by atoms with Crippen molar-refractivity contribution < 1.29 is 62.4 Å². The minimum Gasteiger partial charge on any atom is -0.460 e. The number of Topliss-reactive ketones (excluding diaryl/α,β-unsaturated/α-hetero) is 1. The molecule has 0 spiro atoms. The molecule has 0 unspecified atom stereocenters. The monoisotopic (exact) mass is 967 g/mol. The Morgan fingerprint density at radius 2 is 1.53 bits per heavy atom. The first-order valence-corrected chi connectivity index (χ1v) is 24.4. The molecule has 11 atom stereocenters. The van der Waals surface area contributed by atoms with Crippen LogP contribution in [0, 0.1) is 28.6 Å². The third kappa shape index (κ3) is 10.9. The van der Waals surface area contributed by atoms with Crippen molar-refractivity contribution in [2.24, 2.45) is 28.6 Å². The lowest BCUT2D eigenvalue weighted by atomic mass is 9.46. The van der Waals surface area contributed by atoms with Crippen LogP contribution in [0.15, 0.2) is 72.3 Å². The van der Waals surface area contributed by atoms with Gasteiger partial charge in [0.2, 0.25) is 17.6 Å². The van der Waals surface area contributed by atoms with E-state index in [4.69, 9.17) is 23.7 Å². The Balaban J connectivity index is 1.04. The lowest BCUT2D eigenvalue weighted by molar-refractivity contribution is -0.202. The number of nitrogens with one attached hydrogen (secondary N) is 3. The molecule has 4 aliphatic carbocycles. The molecule has 378 valence electrons. The number of aliphatic hydroxyl groups excluding tert-OH is 1. The van der Waals surface area contributed by atoms with Crippen molar-refractivity contribution in [3.63, 3.8) is 0 Å². The standard InChI is InChI=1S/C54H69N3O13/c1-30(55-46(63)31(2)56-49(65)70-51(6,7)8)47(64)57-36-13-11-12-33(25-36)24-32-14-16-34(17-15-32)48-67-42-27-39-38-19-18-35-26-37(58)22-23-52(35,9)45(38)40(59)28-53(39,10)54(42,69-48)41(60)29-66-43(61)20-21-44(62)68-50(3,4)5/h11-17,22-23,25-26,30-31,38-40,42,45,48,59H,18-21,24,27-29H2,1-10H3,(H,55,63)(H,56,65)(H,57,64)/t30-,31-,38-,39-,40-,42+,45+,48+,52-,53-,54+/m0/s1. The molecular formula is C54H69N3O13. The van der Waals surface area contributed by atoms with E-state index in [1.165, 1.54) is 6.92 Å². The summed E-state index contributed by atoms with van der Waals surface area (Å²) in [5.74, 6) is -3.15. The van der Waals surface area contributed by atoms with E-state index in [1.807, 2.05) is 55.5 Å². The summed E-state index contributed by atoms with van der Waals surface area (Å²) in [4.78, 5) is 90.6. The minimum absolute atomic E-state index is 0.0231. The second kappa shape index (κ2) is 19.8. The Bertz CT molecular complexity index is 2450. The molecule has 4 N–H and O–H groups in total. The van der Waals surface area contributed by atoms with Crippen LogP contribution >= 0.6 is 0 Å². The Morgan fingerprint density at radius 3 is 2.21 bits per heavy atom. The van der Waals surface area contributed by atoms with Crippen molar-refractivity contribution in [2.75, 3.05) is 11.9 Å². The van der Waals surface area contributed by atoms with Crippen LogP contribution in [0.3, 0.4) is 0 Å². The molecule has 0 aromatic heterocycles. The number of anilines is 1. The molecule has 3 saturated carbocycles. The number of carbonyl (C=O) groups is 7. The molecule has 1 saturated heterocycles. The first-order chi connectivity index (χ1) is 32.7. The fourth-order valence-corrected chi connectivity index (χ4v) is 11.6. The summed E-state index contributed by atoms with van der Waals surface area (Å²) >= 11 is 0. The molecule has 0 radical (unpaired) electrons. The second-order valence-electron chi connectivity index (χ2n) is 22.1. The van der Waals surface area contributed by atoms with Crippen LogP contribution in [0.5, 0.6) is 0 Å². The lowest BCUT2D eigenvalue weighted by Crippen LogP contribution is -2.63. The van der Waals surface area contributed by atoms with Crippen molar-refractivity contribution in [2.45, 2.75) is 162 Å². The molecule has 2 aromatic carbocycles. The van der Waals surface area contributed by atoms with Crippen LogP contribution in [0.25, 0.3) is 0 Å². The highest BCUT2D eigenvalue weighted by atomic mass is 16.7. The molecule has 1 aliphatic heterocycles. The normalized spacial score (nSPS) is 29.7. The maximum Gasteiger partial charge on any atom is 0.408 e. The van der Waals surface area contributed by atoms with Gasteiger partial charge in [0.05, 0.1) is 25.0 Å². The third-order valence-corrected chi connectivity index (χ3v) is 14.7. The Morgan fingerprint density at radius 1 is 0.857 bits per heavy atom. The van der Waals surface area contributed by atoms with Gasteiger partial charge >= 0.3 is 18.0 Å². The number of ketones is 2. The minimum atomic E-state index is -1.59. The Labute approximate surface area is 410 Å². The smallest absolute Gasteiger partial charge is 0.408 e. The van der Waals surface area contributed by atoms with E-state index in [0.717, 1.165) is 16.7 Å². The number of allylic oxidation sites excluding steroid dienone is 4. The van der Waals surface area contributed by atoms with Crippen LogP contribution in [0.2, 0.25) is 0 Å². The van der Waals surface area contributed by atoms with Crippen LogP contribution in [0.4, 0.5) is 10.5 Å². The summed E-state index contributed by atoms with van der Waals surface area (Å²) < 4.78 is 29.8. The molecule has 1 heterocycles. The number of amides is 3. The van der Waals surface area contributed by atoms with Crippen LogP contribution in [-0.2, 0) is 58.9 Å². The van der Waals surface area contributed by atoms with E-state index >= 15 is 0 Å². The van der Waals surface area contributed by atoms with Gasteiger partial charge in [0.1, 0.15) is 23.3 Å². The van der Waals surface area contributed by atoms with Gasteiger partial charge in [-0.15, -0.1) is 0 Å². The van der Waals surface area contributed by atoms with Crippen LogP contribution in [0.1, 0.15) is 131 Å². The van der Waals surface area contributed by atoms with Gasteiger partial charge in [-0.2, -0.15) is 0 Å². The van der Waals surface area contributed by atoms with Gasteiger partial charge in [-0.25, -0.2) is 4.79 Å². The van der Waals surface area contributed by atoms with Gasteiger partial charge in [-0.05, 0) is 135 Å². The largest absolute Gasteiger partial charge is 0.460 e. The first kappa shape index (κ1) is 52.1. The molecule has 2 aromatic rings. The van der Waals surface area contributed by atoms with Crippen molar-refractivity contribution in [3.8, 4) is 0 Å². The van der Waals surface area contributed by atoms with Crippen LogP contribution < -0.4 is 16.0 Å². The molecule has 16 heteroatoms. The number of benzene rings is 2. The summed E-state index contributed by atoms with van der Waals surface area (Å²) in [6, 6.07) is 13.1. The highest BCUT2D eigenvalue weighted by Crippen LogP contribution is 2.70. The van der Waals surface area contributed by atoms with E-state index in [-0.39, 0.29) is 42.8 Å². The molecule has 16 nitrogen and oxygen atoms in total. The SMILES string of the molecule is C[C@H](NC(=O)OC(C)(C)C)C(=O)N[C@@H](C)C(=O)Nc1cccc(Cc2ccc([C@@H]3O[C@@H]4C[C@H]5[C@@H]6CCC7=CC(=O)C=C[C@]7(C)[C@H]6[C@@H](O)C[C@]5(C)[C@]4(C(=O)COC(=O)CCC(=O)OC(C)(C)C)O3)cc2)c1. The molecule has 70 heavy (non-hydrogen) atoms. The number of hydrogen-bond donors (Lipinski definition) is 4.